The summed E-state index contributed by atoms with van der Waals surface area (Å²) in [5.41, 5.74) is 24.6. The Hall–Kier alpha value is -3.39. The fraction of sp³-hybridized carbons (Fsp3) is 0.250. The van der Waals surface area contributed by atoms with Crippen LogP contribution in [0, 0.1) is 0 Å². The highest BCUT2D eigenvalue weighted by atomic mass is 16.1. The first-order chi connectivity index (χ1) is 13.5. The molecular formula is C20H28N7O+3. The van der Waals surface area contributed by atoms with E-state index >= 15 is 0 Å². The van der Waals surface area contributed by atoms with E-state index in [0.717, 1.165) is 40.6 Å². The summed E-state index contributed by atoms with van der Waals surface area (Å²) < 4.78 is 0. The van der Waals surface area contributed by atoms with Crippen LogP contribution in [0.1, 0.15) is 15.9 Å². The van der Waals surface area contributed by atoms with Gasteiger partial charge in [0.2, 0.25) is 0 Å². The van der Waals surface area contributed by atoms with Crippen molar-refractivity contribution in [2.24, 2.45) is 22.9 Å². The summed E-state index contributed by atoms with van der Waals surface area (Å²) in [6.45, 7) is 3.27. The number of carbonyl (C=O) groups excluding carboxylic acids is 1. The van der Waals surface area contributed by atoms with E-state index in [4.69, 9.17) is 22.9 Å². The van der Waals surface area contributed by atoms with E-state index in [1.165, 1.54) is 4.90 Å². The van der Waals surface area contributed by atoms with Crippen molar-refractivity contribution in [3.05, 3.63) is 53.1 Å². The molecule has 0 unspecified atom stereocenters. The minimum Gasteiger partial charge on any atom is -0.326 e. The van der Waals surface area contributed by atoms with Gasteiger partial charge in [-0.25, -0.2) is 0 Å². The van der Waals surface area contributed by atoms with Crippen molar-refractivity contribution < 1.29 is 19.7 Å². The minimum absolute atomic E-state index is 0.0810. The molecule has 28 heavy (non-hydrogen) atoms. The molecule has 8 heteroatoms. The zero-order chi connectivity index (χ0) is 20.1. The van der Waals surface area contributed by atoms with Gasteiger partial charge in [0.15, 0.2) is 5.78 Å². The van der Waals surface area contributed by atoms with Gasteiger partial charge in [0.05, 0.1) is 5.57 Å². The van der Waals surface area contributed by atoms with Crippen molar-refractivity contribution in [3.63, 3.8) is 0 Å². The highest BCUT2D eigenvalue weighted by molar-refractivity contribution is 6.22. The third kappa shape index (κ3) is 4.47. The van der Waals surface area contributed by atoms with Crippen molar-refractivity contribution in [1.29, 1.82) is 0 Å². The Morgan fingerprint density at radius 2 is 1.50 bits per heavy atom. The quantitative estimate of drug-likeness (QED) is 0.180. The molecule has 0 fully saturated rings. The van der Waals surface area contributed by atoms with Crippen molar-refractivity contribution in [1.82, 2.24) is 0 Å². The Labute approximate surface area is 163 Å². The Balaban J connectivity index is 1.83. The van der Waals surface area contributed by atoms with E-state index in [2.05, 4.69) is 16.1 Å². The van der Waals surface area contributed by atoms with Crippen molar-refractivity contribution in [2.45, 2.75) is 0 Å². The first kappa shape index (κ1) is 19.4. The average Bonchev–Trinajstić information content (AvgIpc) is 2.65. The van der Waals surface area contributed by atoms with Crippen molar-refractivity contribution >= 4 is 34.6 Å². The smallest absolute Gasteiger partial charge is 0.326 e. The van der Waals surface area contributed by atoms with Gasteiger partial charge in [-0.3, -0.25) is 37.7 Å². The average molecular weight is 382 g/mol. The standard InChI is InChI=1S/C20H25N7O/c21-19(22)25-7-9-27(10-8-26-20(23)24)12-15-11-14-5-1-3-13-4-2-6-16(17(13)14)18(15)28/h1-6,11H,7-10,12H2,(H4,21,22,25)(H4,23,24,26)/p+3. The number of nitrogens with one attached hydrogen (secondary N) is 3. The molecule has 8 nitrogen and oxygen atoms in total. The van der Waals surface area contributed by atoms with Crippen LogP contribution in [0.25, 0.3) is 16.8 Å². The van der Waals surface area contributed by atoms with E-state index in [1.54, 1.807) is 0 Å². The Morgan fingerprint density at radius 3 is 2.11 bits per heavy atom. The second kappa shape index (κ2) is 8.53. The van der Waals surface area contributed by atoms with Crippen LogP contribution in [0.3, 0.4) is 0 Å². The summed E-state index contributed by atoms with van der Waals surface area (Å²) in [5, 5.41) is 2.11. The Kier molecular flexibility index (Phi) is 5.90. The molecule has 0 amide bonds. The Bertz CT molecular complexity index is 942. The van der Waals surface area contributed by atoms with Gasteiger partial charge in [0.25, 0.3) is 0 Å². The van der Waals surface area contributed by atoms with Gasteiger partial charge >= 0.3 is 11.9 Å². The van der Waals surface area contributed by atoms with E-state index < -0.39 is 0 Å². The molecule has 0 heterocycles. The molecule has 0 aromatic heterocycles. The second-order valence-corrected chi connectivity index (χ2v) is 6.94. The van der Waals surface area contributed by atoms with Crippen LogP contribution in [-0.4, -0.2) is 50.4 Å². The summed E-state index contributed by atoms with van der Waals surface area (Å²) in [4.78, 5) is 20.1. The maximum Gasteiger partial charge on any atom is 0.338 e. The van der Waals surface area contributed by atoms with E-state index in [1.807, 2.05) is 36.4 Å². The number of hydrogen-bond donors (Lipinski definition) is 7. The summed E-state index contributed by atoms with van der Waals surface area (Å²) in [5.74, 6) is 0.452. The first-order valence-corrected chi connectivity index (χ1v) is 9.30. The van der Waals surface area contributed by atoms with Gasteiger partial charge in [-0.05, 0) is 17.0 Å². The summed E-state index contributed by atoms with van der Waals surface area (Å²) in [6, 6.07) is 12.0. The molecule has 0 radical (unpaired) electrons. The van der Waals surface area contributed by atoms with Crippen molar-refractivity contribution in [3.8, 4) is 0 Å². The van der Waals surface area contributed by atoms with Gasteiger partial charge in [0, 0.05) is 10.9 Å². The number of carbonyl (C=O) groups is 1. The van der Waals surface area contributed by atoms with Gasteiger partial charge in [0.1, 0.15) is 32.7 Å². The number of ketones is 1. The molecule has 0 atom stereocenters. The number of hydrogen-bond acceptors (Lipinski definition) is 1. The normalized spacial score (nSPS) is 12.8. The van der Waals surface area contributed by atoms with Crippen LogP contribution in [0.2, 0.25) is 0 Å². The molecule has 3 rings (SSSR count). The van der Waals surface area contributed by atoms with Crippen LogP contribution in [0.5, 0.6) is 0 Å². The second-order valence-electron chi connectivity index (χ2n) is 6.94. The third-order valence-electron chi connectivity index (χ3n) is 4.86. The number of rotatable bonds is 8. The fourth-order valence-electron chi connectivity index (χ4n) is 3.58. The largest absolute Gasteiger partial charge is 0.338 e. The third-order valence-corrected chi connectivity index (χ3v) is 4.86. The molecule has 0 spiro atoms. The lowest BCUT2D eigenvalue weighted by Gasteiger charge is -2.22. The molecule has 2 aromatic carbocycles. The predicted octanol–water partition coefficient (Wildman–Crippen LogP) is -4.99. The van der Waals surface area contributed by atoms with E-state index in [0.29, 0.717) is 19.6 Å². The maximum absolute atomic E-state index is 13.1. The molecule has 1 aliphatic carbocycles. The summed E-state index contributed by atoms with van der Waals surface area (Å²) in [7, 11) is 0. The zero-order valence-electron chi connectivity index (χ0n) is 15.8. The topological polar surface area (TPSA) is 154 Å². The van der Waals surface area contributed by atoms with Gasteiger partial charge in [-0.15, -0.1) is 0 Å². The number of nitrogens with two attached hydrogens (primary N) is 4. The molecule has 0 saturated carbocycles. The van der Waals surface area contributed by atoms with Gasteiger partial charge in [-0.2, -0.15) is 0 Å². The lowest BCUT2D eigenvalue weighted by Crippen LogP contribution is -3.16. The van der Waals surface area contributed by atoms with Crippen LogP contribution in [-0.2, 0) is 0 Å². The molecule has 1 aliphatic rings. The molecule has 11 N–H and O–H groups in total. The van der Waals surface area contributed by atoms with Crippen LogP contribution >= 0.6 is 0 Å². The van der Waals surface area contributed by atoms with Crippen LogP contribution in [0.4, 0.5) is 0 Å². The molecule has 0 bridgehead atoms. The highest BCUT2D eigenvalue weighted by Crippen LogP contribution is 2.30. The number of benzene rings is 2. The fourth-order valence-corrected chi connectivity index (χ4v) is 3.58. The number of Topliss-reactive ketones (excluding diaryl/α,β-unsaturated/α-hetero) is 1. The van der Waals surface area contributed by atoms with Gasteiger partial charge < -0.3 is 4.90 Å². The Morgan fingerprint density at radius 1 is 0.893 bits per heavy atom. The molecule has 0 saturated heterocycles. The minimum atomic E-state index is 0.0810. The zero-order valence-corrected chi connectivity index (χ0v) is 15.8. The molecular weight excluding hydrogens is 354 g/mol. The van der Waals surface area contributed by atoms with E-state index in [9.17, 15) is 4.79 Å². The SMILES string of the molecule is NC(N)=[NH+]CC[NH+](CC[NH+]=C(N)N)CC1=Cc2cccc3cccc(c23)C1=O. The van der Waals surface area contributed by atoms with Crippen LogP contribution in [0.15, 0.2) is 42.0 Å². The highest BCUT2D eigenvalue weighted by Gasteiger charge is 2.25. The molecule has 2 aromatic rings. The lowest BCUT2D eigenvalue weighted by atomic mass is 9.88. The first-order valence-electron chi connectivity index (χ1n) is 9.30. The maximum atomic E-state index is 13.1. The summed E-state index contributed by atoms with van der Waals surface area (Å²) in [6.07, 6.45) is 2.01. The molecule has 146 valence electrons. The number of guanidine groups is 2. The molecule has 0 aliphatic heterocycles. The summed E-state index contributed by atoms with van der Waals surface area (Å²) >= 11 is 0. The number of quaternary nitrogens is 1. The monoisotopic (exact) mass is 382 g/mol. The van der Waals surface area contributed by atoms with E-state index in [-0.39, 0.29) is 17.7 Å². The lowest BCUT2D eigenvalue weighted by molar-refractivity contribution is -0.907. The van der Waals surface area contributed by atoms with Crippen LogP contribution < -0.4 is 37.8 Å². The van der Waals surface area contributed by atoms with Gasteiger partial charge in [-0.1, -0.05) is 36.4 Å². The predicted molar refractivity (Wildman–Crippen MR) is 110 cm³/mol. The van der Waals surface area contributed by atoms with Crippen molar-refractivity contribution in [2.75, 3.05) is 32.7 Å².